The minimum absolute atomic E-state index is 0.235. The lowest BCUT2D eigenvalue weighted by atomic mass is 9.83. The summed E-state index contributed by atoms with van der Waals surface area (Å²) in [6.45, 7) is 3.86. The normalized spacial score (nSPS) is 23.1. The van der Waals surface area contributed by atoms with E-state index in [9.17, 15) is 13.5 Å². The van der Waals surface area contributed by atoms with E-state index in [0.29, 0.717) is 41.1 Å². The number of hydrogen-bond donors (Lipinski definition) is 3. The predicted molar refractivity (Wildman–Crippen MR) is 74.2 cm³/mol. The molecule has 1 aliphatic rings. The molecule has 6 heteroatoms. The van der Waals surface area contributed by atoms with Crippen LogP contribution in [0.3, 0.4) is 0 Å². The fourth-order valence-electron chi connectivity index (χ4n) is 2.57. The lowest BCUT2D eigenvalue weighted by Gasteiger charge is -2.31. The first-order valence-electron chi connectivity index (χ1n) is 6.34. The van der Waals surface area contributed by atoms with Crippen molar-refractivity contribution in [3.8, 4) is 0 Å². The molecule has 106 valence electrons. The first-order valence-corrected chi connectivity index (χ1v) is 7.82. The number of benzene rings is 1. The molecule has 0 spiro atoms. The average Bonchev–Trinajstić information content (AvgIpc) is 2.20. The summed E-state index contributed by atoms with van der Waals surface area (Å²) < 4.78 is 27.2. The van der Waals surface area contributed by atoms with Gasteiger partial charge in [0.2, 0.25) is 10.0 Å². The minimum atomic E-state index is -3.51. The van der Waals surface area contributed by atoms with Crippen LogP contribution in [0.4, 0.5) is 5.69 Å². The Morgan fingerprint density at radius 2 is 1.84 bits per heavy atom. The van der Waals surface area contributed by atoms with E-state index in [-0.39, 0.29) is 12.0 Å². The molecule has 0 saturated heterocycles. The van der Waals surface area contributed by atoms with Crippen molar-refractivity contribution in [2.45, 2.75) is 37.7 Å². The van der Waals surface area contributed by atoms with E-state index in [1.807, 2.05) is 0 Å². The minimum Gasteiger partial charge on any atom is -0.399 e. The number of sulfonamides is 1. The van der Waals surface area contributed by atoms with Gasteiger partial charge in [0.1, 0.15) is 0 Å². The fourth-order valence-corrected chi connectivity index (χ4v) is 4.14. The Labute approximate surface area is 113 Å². The lowest BCUT2D eigenvalue weighted by Crippen LogP contribution is -2.38. The van der Waals surface area contributed by atoms with Crippen LogP contribution in [-0.4, -0.2) is 26.2 Å². The zero-order chi connectivity index (χ0) is 14.2. The molecule has 0 bridgehead atoms. The summed E-state index contributed by atoms with van der Waals surface area (Å²) in [5.74, 6) is 0.235. The Kier molecular flexibility index (Phi) is 3.85. The Bertz CT molecular complexity index is 555. The van der Waals surface area contributed by atoms with Gasteiger partial charge >= 0.3 is 0 Å². The van der Waals surface area contributed by atoms with Crippen molar-refractivity contribution in [2.75, 3.05) is 12.3 Å². The maximum absolute atomic E-state index is 12.3. The van der Waals surface area contributed by atoms with Gasteiger partial charge in [-0.1, -0.05) is 0 Å². The van der Waals surface area contributed by atoms with Crippen molar-refractivity contribution in [3.05, 3.63) is 23.3 Å². The van der Waals surface area contributed by atoms with Gasteiger partial charge in [-0.2, -0.15) is 0 Å². The molecular formula is C13H20N2O3S. The van der Waals surface area contributed by atoms with Gasteiger partial charge in [-0.25, -0.2) is 13.1 Å². The molecule has 2 rings (SSSR count). The predicted octanol–water partition coefficient (Wildman–Crippen LogP) is 0.935. The molecule has 0 aromatic heterocycles. The Hall–Kier alpha value is -1.11. The maximum atomic E-state index is 12.3. The van der Waals surface area contributed by atoms with Crippen LogP contribution in [0.15, 0.2) is 17.0 Å². The van der Waals surface area contributed by atoms with Crippen LogP contribution in [0.5, 0.6) is 0 Å². The van der Waals surface area contributed by atoms with E-state index in [1.54, 1.807) is 26.0 Å². The number of hydrogen-bond acceptors (Lipinski definition) is 4. The Morgan fingerprint density at radius 3 is 2.32 bits per heavy atom. The summed E-state index contributed by atoms with van der Waals surface area (Å²) in [6, 6.07) is 3.32. The van der Waals surface area contributed by atoms with Crippen molar-refractivity contribution < 1.29 is 13.5 Å². The second-order valence-corrected chi connectivity index (χ2v) is 7.03. The van der Waals surface area contributed by atoms with Crippen LogP contribution in [0, 0.1) is 19.8 Å². The lowest BCUT2D eigenvalue weighted by molar-refractivity contribution is 0.0453. The SMILES string of the molecule is Cc1cc(N)cc(C)c1S(=O)(=O)NCC1CC(O)C1. The number of nitrogens with one attached hydrogen (secondary N) is 1. The Morgan fingerprint density at radius 1 is 1.32 bits per heavy atom. The molecule has 0 heterocycles. The van der Waals surface area contributed by atoms with E-state index < -0.39 is 10.0 Å². The number of rotatable bonds is 4. The molecule has 1 saturated carbocycles. The van der Waals surface area contributed by atoms with Gasteiger partial charge in [-0.3, -0.25) is 0 Å². The first-order chi connectivity index (χ1) is 8.79. The third kappa shape index (κ3) is 3.08. The zero-order valence-corrected chi connectivity index (χ0v) is 12.0. The monoisotopic (exact) mass is 284 g/mol. The van der Waals surface area contributed by atoms with E-state index >= 15 is 0 Å². The third-order valence-electron chi connectivity index (χ3n) is 3.52. The van der Waals surface area contributed by atoms with E-state index in [2.05, 4.69) is 4.72 Å². The van der Waals surface area contributed by atoms with Crippen molar-refractivity contribution in [3.63, 3.8) is 0 Å². The Balaban J connectivity index is 2.15. The van der Waals surface area contributed by atoms with Gasteiger partial charge < -0.3 is 10.8 Å². The second-order valence-electron chi connectivity index (χ2n) is 5.33. The van der Waals surface area contributed by atoms with Gasteiger partial charge in [0, 0.05) is 12.2 Å². The van der Waals surface area contributed by atoms with Gasteiger partial charge in [0.05, 0.1) is 11.0 Å². The largest absolute Gasteiger partial charge is 0.399 e. The van der Waals surface area contributed by atoms with Crippen molar-refractivity contribution in [1.82, 2.24) is 4.72 Å². The third-order valence-corrected chi connectivity index (χ3v) is 5.25. The van der Waals surface area contributed by atoms with Crippen LogP contribution < -0.4 is 10.5 Å². The highest BCUT2D eigenvalue weighted by Gasteiger charge is 2.29. The van der Waals surface area contributed by atoms with Gasteiger partial charge in [-0.15, -0.1) is 0 Å². The smallest absolute Gasteiger partial charge is 0.241 e. The number of aliphatic hydroxyl groups is 1. The zero-order valence-electron chi connectivity index (χ0n) is 11.2. The topological polar surface area (TPSA) is 92.4 Å². The molecule has 0 radical (unpaired) electrons. The van der Waals surface area contributed by atoms with E-state index in [1.165, 1.54) is 0 Å². The molecule has 0 unspecified atom stereocenters. The molecule has 1 aromatic rings. The van der Waals surface area contributed by atoms with Crippen molar-refractivity contribution >= 4 is 15.7 Å². The number of aliphatic hydroxyl groups excluding tert-OH is 1. The molecular weight excluding hydrogens is 264 g/mol. The summed E-state index contributed by atoms with van der Waals surface area (Å²) in [4.78, 5) is 0.307. The first kappa shape index (κ1) is 14.3. The number of anilines is 1. The molecule has 5 nitrogen and oxygen atoms in total. The van der Waals surface area contributed by atoms with Crippen molar-refractivity contribution in [2.24, 2.45) is 5.92 Å². The van der Waals surface area contributed by atoms with E-state index in [0.717, 1.165) is 0 Å². The fraction of sp³-hybridized carbons (Fsp3) is 0.538. The highest BCUT2D eigenvalue weighted by Crippen LogP contribution is 2.27. The molecule has 4 N–H and O–H groups in total. The summed E-state index contributed by atoms with van der Waals surface area (Å²) in [6.07, 6.45) is 1.07. The van der Waals surface area contributed by atoms with Crippen LogP contribution in [-0.2, 0) is 10.0 Å². The quantitative estimate of drug-likeness (QED) is 0.717. The van der Waals surface area contributed by atoms with Gasteiger partial charge in [0.25, 0.3) is 0 Å². The van der Waals surface area contributed by atoms with Gasteiger partial charge in [0.15, 0.2) is 0 Å². The van der Waals surface area contributed by atoms with Gasteiger partial charge in [-0.05, 0) is 55.9 Å². The van der Waals surface area contributed by atoms with Crippen LogP contribution in [0.1, 0.15) is 24.0 Å². The van der Waals surface area contributed by atoms with Crippen LogP contribution in [0.25, 0.3) is 0 Å². The van der Waals surface area contributed by atoms with Crippen LogP contribution in [0.2, 0.25) is 0 Å². The standard InChI is InChI=1S/C13H20N2O3S/c1-8-3-11(14)4-9(2)13(8)19(17,18)15-7-10-5-12(16)6-10/h3-4,10,12,15-16H,5-7,14H2,1-2H3. The molecule has 1 fully saturated rings. The summed E-state index contributed by atoms with van der Waals surface area (Å²) >= 11 is 0. The maximum Gasteiger partial charge on any atom is 0.241 e. The number of nitrogens with two attached hydrogens (primary N) is 1. The van der Waals surface area contributed by atoms with Crippen molar-refractivity contribution in [1.29, 1.82) is 0 Å². The highest BCUT2D eigenvalue weighted by molar-refractivity contribution is 7.89. The number of aryl methyl sites for hydroxylation is 2. The molecule has 19 heavy (non-hydrogen) atoms. The summed E-state index contributed by atoms with van der Waals surface area (Å²) in [7, 11) is -3.51. The molecule has 0 aliphatic heterocycles. The molecule has 1 aliphatic carbocycles. The summed E-state index contributed by atoms with van der Waals surface area (Å²) in [5, 5.41) is 9.19. The highest BCUT2D eigenvalue weighted by atomic mass is 32.2. The summed E-state index contributed by atoms with van der Waals surface area (Å²) in [5.41, 5.74) is 7.57. The second kappa shape index (κ2) is 5.11. The number of nitrogen functional groups attached to an aromatic ring is 1. The molecule has 1 aromatic carbocycles. The molecule has 0 atom stereocenters. The molecule has 0 amide bonds. The van der Waals surface area contributed by atoms with Crippen LogP contribution >= 0.6 is 0 Å². The van der Waals surface area contributed by atoms with E-state index in [4.69, 9.17) is 5.73 Å². The average molecular weight is 284 g/mol.